The van der Waals surface area contributed by atoms with Crippen LogP contribution in [0.15, 0.2) is 77.7 Å². The molecule has 814 valence electrons. The van der Waals surface area contributed by atoms with Gasteiger partial charge in [0.2, 0.25) is 0 Å². The number of anilines is 1. The predicted molar refractivity (Wildman–Crippen MR) is 529 cm³/mol. The molecule has 3 heterocycles. The number of likely N-dealkylation sites (N-methyl/N-ethyl adjacent to an activating group) is 3. The summed E-state index contributed by atoms with van der Waals surface area (Å²) in [7, 11) is 5.81. The quantitative estimate of drug-likeness (QED) is 0.00644. The zero-order valence-electron chi connectivity index (χ0n) is 80.9. The largest absolute Gasteiger partial charge is 0.480 e. The van der Waals surface area contributed by atoms with Crippen LogP contribution in [0.2, 0.25) is 0 Å². The van der Waals surface area contributed by atoms with E-state index < -0.39 is 122 Å². The SMILES string of the molecule is C.CN1CCN(CC(=O)O)CCN(CC(=O)O)CCN(CC(CCCc2ccc(N)cc2)N(CC(=O)O)CC(=O)O)CC1.CN1CCN(CC(=O)O)CCN(CC(=O)O)CCN(CC(CCCc2ccc(SC#N)cc2)N(CC(=O)O)CC(=O)O)CC1.CN1CCN(CC(=O)O)CCN(CC(=O)O)CCN(CC(CCCc2ccc([N+](=O)[O-])cc2)N(CC(=O)O)CC(=O)O)CC1.O.O=C=O.O=C=O.O=C=O.S=C(Cl)Cl. The second-order valence-corrected chi connectivity index (χ2v) is 36.2. The summed E-state index contributed by atoms with van der Waals surface area (Å²) < 4.78 is -0.0556. The molecule has 3 unspecified atom stereocenters. The molecular formula is C90H140Cl2N18O33S2. The molecule has 0 radical (unpaired) electrons. The summed E-state index contributed by atoms with van der Waals surface area (Å²) in [5.41, 5.74) is 9.44. The fourth-order valence-electron chi connectivity index (χ4n) is 15.5. The number of hydrogen-bond donors (Lipinski definition) is 13. The molecule has 0 bridgehead atoms. The van der Waals surface area contributed by atoms with Gasteiger partial charge in [-0.25, -0.2) is 0 Å². The Morgan fingerprint density at radius 3 is 0.731 bits per heavy atom. The fraction of sp³-hybridized carbons (Fsp3) is 0.611. The monoisotopic (exact) mass is 2130 g/mol. The number of benzene rings is 3. The summed E-state index contributed by atoms with van der Waals surface area (Å²) in [6.07, 6.45) is 6.29. The van der Waals surface area contributed by atoms with E-state index in [1.807, 2.05) is 75.1 Å². The van der Waals surface area contributed by atoms with Crippen molar-refractivity contribution in [1.82, 2.24) is 73.5 Å². The van der Waals surface area contributed by atoms with Crippen LogP contribution in [0.25, 0.3) is 0 Å². The van der Waals surface area contributed by atoms with Crippen LogP contribution in [-0.2, 0) is 106 Å². The molecule has 145 heavy (non-hydrogen) atoms. The van der Waals surface area contributed by atoms with Gasteiger partial charge in [0.05, 0.1) is 83.5 Å². The van der Waals surface area contributed by atoms with Crippen molar-refractivity contribution < 1.29 is 158 Å². The number of thioether (sulfide) groups is 1. The number of aryl methyl sites for hydroxylation is 3. The minimum atomic E-state index is -1.15. The van der Waals surface area contributed by atoms with Crippen molar-refractivity contribution in [2.75, 3.05) is 282 Å². The van der Waals surface area contributed by atoms with E-state index in [1.54, 1.807) is 41.5 Å². The van der Waals surface area contributed by atoms with Crippen molar-refractivity contribution in [3.63, 3.8) is 0 Å². The van der Waals surface area contributed by atoms with Crippen molar-refractivity contribution in [1.29, 1.82) is 5.26 Å². The number of carboxylic acids is 12. The standard InChI is InChI=1S/C29H44N6O8S.C28H44N6O10.C28H46N6O8.CCl2S.3CO2.CH4.H2O/c1-31-9-11-32(13-14-34(19-27(38)39)16-15-33(12-10-31)18-26(36)37)17-24(35(20-28(40)41)21-29(42)43)4-2-3-23-5-7-25(8-6-23)44-22-30;1-29-9-11-30(13-14-32(19-26(37)38)16-15-31(12-10-29)18-25(35)36)17-24(33(20-27(39)40)21-28(41)42)4-2-3-22-5-7-23(8-6-22)34(43)44;1-30-9-11-31(13-14-33(19-26(37)38)16-15-32(12-10-30)18-25(35)36)17-24(34(20-27(39)40)21-28(41)42)4-2-3-22-5-7-23(29)8-6-22;2-1(3)4;3*2-1-3;;/h5-8,24H,2-4,9-21H2,1H3,(H,36,37)(H,38,39)(H,40,41)(H,42,43);5-8,24H,2-4,9-21H2,1H3,(H,35,36)(H,37,38)(H,39,40)(H,41,42);5-8,24H,2-4,9-21,29H2,1H3,(H,35,36)(H,37,38)(H,39,40)(H,41,42);;;;;1H4;1H2. The lowest BCUT2D eigenvalue weighted by Crippen LogP contribution is -2.51. The minimum Gasteiger partial charge on any atom is -0.480 e. The lowest BCUT2D eigenvalue weighted by atomic mass is 10.0. The molecule has 3 saturated heterocycles. The molecule has 3 aliphatic heterocycles. The summed E-state index contributed by atoms with van der Waals surface area (Å²) in [6.45, 7) is 9.37. The van der Waals surface area contributed by atoms with Gasteiger partial charge in [0.25, 0.3) is 5.69 Å². The van der Waals surface area contributed by atoms with E-state index in [1.165, 1.54) is 26.8 Å². The summed E-state index contributed by atoms with van der Waals surface area (Å²) in [5, 5.41) is 136. The van der Waals surface area contributed by atoms with Crippen molar-refractivity contribution in [2.24, 2.45) is 0 Å². The van der Waals surface area contributed by atoms with Gasteiger partial charge in [0.15, 0.2) is 3.78 Å². The Balaban J connectivity index is -0.00000195. The first-order valence-corrected chi connectivity index (χ1v) is 47.1. The molecule has 3 atom stereocenters. The van der Waals surface area contributed by atoms with Crippen LogP contribution in [0.5, 0.6) is 0 Å². The van der Waals surface area contributed by atoms with E-state index >= 15 is 0 Å². The molecule has 16 N–H and O–H groups in total. The third-order valence-electron chi connectivity index (χ3n) is 22.5. The van der Waals surface area contributed by atoms with Gasteiger partial charge in [0.1, 0.15) is 5.40 Å². The highest BCUT2D eigenvalue weighted by Crippen LogP contribution is 2.23. The number of thiocyanates is 1. The van der Waals surface area contributed by atoms with Crippen LogP contribution >= 0.6 is 47.2 Å². The van der Waals surface area contributed by atoms with E-state index in [4.69, 9.17) is 63.0 Å². The van der Waals surface area contributed by atoms with Gasteiger partial charge < -0.3 is 87.2 Å². The molecular weight excluding hydrogens is 2000 g/mol. The van der Waals surface area contributed by atoms with Gasteiger partial charge in [-0.1, -0.05) is 79.2 Å². The van der Waals surface area contributed by atoms with E-state index in [2.05, 4.69) is 41.6 Å². The number of carbonyl (C=O) groups is 12. The summed E-state index contributed by atoms with van der Waals surface area (Å²) in [5.74, 6) is -12.6. The highest BCUT2D eigenvalue weighted by Gasteiger charge is 2.32. The molecule has 0 amide bonds. The number of nitrogens with two attached hydrogens (primary N) is 1. The molecule has 0 saturated carbocycles. The van der Waals surface area contributed by atoms with E-state index in [0.29, 0.717) is 234 Å². The Hall–Kier alpha value is -11.5. The van der Waals surface area contributed by atoms with Crippen LogP contribution in [0, 0.1) is 20.8 Å². The zero-order valence-corrected chi connectivity index (χ0v) is 84.0. The second-order valence-electron chi connectivity index (χ2n) is 33.5. The number of thiocarbonyl (C=S) groups is 1. The average molecular weight is 2140 g/mol. The summed E-state index contributed by atoms with van der Waals surface area (Å²) >= 11 is 14.7. The molecule has 6 rings (SSSR count). The van der Waals surface area contributed by atoms with E-state index in [0.717, 1.165) is 39.8 Å². The number of rotatable bonds is 47. The van der Waals surface area contributed by atoms with Crippen molar-refractivity contribution in [3.8, 4) is 5.40 Å². The smallest absolute Gasteiger partial charge is 0.373 e. The number of aliphatic carboxylic acids is 12. The third kappa shape index (κ3) is 73.3. The molecule has 3 aromatic carbocycles. The Labute approximate surface area is 860 Å². The van der Waals surface area contributed by atoms with Gasteiger partial charge >= 0.3 is 90.1 Å². The summed E-state index contributed by atoms with van der Waals surface area (Å²) in [6, 6.07) is 20.2. The van der Waals surface area contributed by atoms with Gasteiger partial charge in [-0.3, -0.25) is 126 Å². The Bertz CT molecular complexity index is 4420. The number of carbonyl (C=O) groups excluding carboxylic acids is 6. The van der Waals surface area contributed by atoms with E-state index in [-0.39, 0.29) is 92.2 Å². The van der Waals surface area contributed by atoms with Gasteiger partial charge in [0, 0.05) is 218 Å². The number of halogens is 2. The number of non-ortho nitro benzene ring substituents is 1. The summed E-state index contributed by atoms with van der Waals surface area (Å²) in [4.78, 5) is 227. The van der Waals surface area contributed by atoms with Crippen molar-refractivity contribution in [3.05, 3.63) is 99.6 Å². The molecule has 55 heteroatoms. The lowest BCUT2D eigenvalue weighted by Gasteiger charge is -2.36. The lowest BCUT2D eigenvalue weighted by molar-refractivity contribution is -0.384. The first-order valence-electron chi connectivity index (χ1n) is 45.1. The van der Waals surface area contributed by atoms with Gasteiger partial charge in [-0.2, -0.15) is 34.0 Å². The normalized spacial score (nSPS) is 16.0. The topological polar surface area (TPSA) is 723 Å². The predicted octanol–water partition coefficient (Wildman–Crippen LogP) is -0.518. The molecule has 0 aliphatic carbocycles. The number of nitrogen functional groups attached to an aromatic ring is 1. The van der Waals surface area contributed by atoms with E-state index in [9.17, 15) is 129 Å². The van der Waals surface area contributed by atoms with Gasteiger partial charge in [-0.15, -0.1) is 0 Å². The maximum Gasteiger partial charge on any atom is 0.373 e. The number of carboxylic acid groups (broad SMARTS) is 12. The first kappa shape index (κ1) is 138. The number of hydrogen-bond acceptors (Lipinski definition) is 39. The number of nitrogens with zero attached hydrogens (tertiary/aromatic N) is 17. The molecule has 3 aromatic rings. The van der Waals surface area contributed by atoms with Crippen molar-refractivity contribution in [2.45, 2.75) is 88.2 Å². The average Bonchev–Trinajstić information content (AvgIpc) is 0.873. The number of nitro benzene ring substituents is 1. The maximum absolute atomic E-state index is 11.7. The Morgan fingerprint density at radius 2 is 0.545 bits per heavy atom. The number of nitriles is 1. The first-order chi connectivity index (χ1) is 67.6. The van der Waals surface area contributed by atoms with Crippen LogP contribution < -0.4 is 5.73 Å². The second kappa shape index (κ2) is 81.7. The molecule has 3 fully saturated rings. The molecule has 0 spiro atoms. The van der Waals surface area contributed by atoms with Gasteiger partial charge in [-0.05, 0) is 132 Å². The number of nitro groups is 1. The Kier molecular flexibility index (Phi) is 77.5. The van der Waals surface area contributed by atoms with Crippen LogP contribution in [0.1, 0.15) is 62.6 Å². The highest BCUT2D eigenvalue weighted by atomic mass is 35.5. The Morgan fingerprint density at radius 1 is 0.366 bits per heavy atom. The minimum absolute atomic E-state index is 0. The third-order valence-corrected chi connectivity index (χ3v) is 23.1. The van der Waals surface area contributed by atoms with Crippen LogP contribution in [0.4, 0.5) is 11.4 Å². The molecule has 3 aliphatic rings. The zero-order chi connectivity index (χ0) is 108. The molecule has 51 nitrogen and oxygen atoms in total. The fourth-order valence-corrected chi connectivity index (χ4v) is 15.9. The molecule has 0 aromatic heterocycles. The van der Waals surface area contributed by atoms with Crippen LogP contribution in [0.3, 0.4) is 0 Å². The highest BCUT2D eigenvalue weighted by molar-refractivity contribution is 8.03. The maximum atomic E-state index is 11.7. The van der Waals surface area contributed by atoms with Crippen molar-refractivity contribution >= 4 is 152 Å². The van der Waals surface area contributed by atoms with Crippen LogP contribution in [-0.4, -0.2) is 534 Å².